The van der Waals surface area contributed by atoms with E-state index in [2.05, 4.69) is 0 Å². The summed E-state index contributed by atoms with van der Waals surface area (Å²) in [5.74, 6) is -2.84. The summed E-state index contributed by atoms with van der Waals surface area (Å²) in [5.41, 5.74) is 7.51. The summed E-state index contributed by atoms with van der Waals surface area (Å²) in [6, 6.07) is 7.96. The number of benzene rings is 2. The van der Waals surface area contributed by atoms with Crippen LogP contribution in [0.4, 0.5) is 13.2 Å². The van der Waals surface area contributed by atoms with E-state index in [4.69, 9.17) is 5.73 Å². The van der Waals surface area contributed by atoms with Crippen molar-refractivity contribution in [1.29, 1.82) is 0 Å². The molecule has 2 aromatic carbocycles. The van der Waals surface area contributed by atoms with Crippen molar-refractivity contribution in [3.05, 3.63) is 70.5 Å². The second-order valence-corrected chi connectivity index (χ2v) is 4.58. The highest BCUT2D eigenvalue weighted by Crippen LogP contribution is 2.23. The smallest absolute Gasteiger partial charge is 0.133 e. The van der Waals surface area contributed by atoms with Gasteiger partial charge in [-0.15, -0.1) is 0 Å². The highest BCUT2D eigenvalue weighted by Gasteiger charge is 2.18. The topological polar surface area (TPSA) is 26.0 Å². The number of nitrogens with two attached hydrogens (primary N) is 1. The zero-order valence-electron chi connectivity index (χ0n) is 10.5. The van der Waals surface area contributed by atoms with Gasteiger partial charge in [0, 0.05) is 23.7 Å². The molecule has 0 fully saturated rings. The zero-order valence-corrected chi connectivity index (χ0v) is 10.5. The van der Waals surface area contributed by atoms with Crippen LogP contribution in [0.25, 0.3) is 0 Å². The maximum Gasteiger partial charge on any atom is 0.133 e. The highest BCUT2D eigenvalue weighted by molar-refractivity contribution is 5.28. The average molecular weight is 265 g/mol. The van der Waals surface area contributed by atoms with Gasteiger partial charge in [-0.2, -0.15) is 0 Å². The summed E-state index contributed by atoms with van der Waals surface area (Å²) in [5, 5.41) is 0. The maximum atomic E-state index is 13.6. The SMILES string of the molecule is Cc1ccc(CC(N)c2c(F)cc(F)cc2F)cc1. The molecule has 0 heterocycles. The van der Waals surface area contributed by atoms with E-state index in [1.54, 1.807) is 0 Å². The van der Waals surface area contributed by atoms with E-state index >= 15 is 0 Å². The summed E-state index contributed by atoms with van der Waals surface area (Å²) in [6.07, 6.45) is 0.291. The monoisotopic (exact) mass is 265 g/mol. The standard InChI is InChI=1S/C15H14F3N/c1-9-2-4-10(5-3-9)6-14(19)15-12(17)7-11(16)8-13(15)18/h2-5,7-8,14H,6,19H2,1H3. The molecule has 0 aliphatic carbocycles. The minimum Gasteiger partial charge on any atom is -0.323 e. The molecule has 1 unspecified atom stereocenters. The predicted octanol–water partition coefficient (Wildman–Crippen LogP) is 3.65. The lowest BCUT2D eigenvalue weighted by atomic mass is 9.98. The molecule has 100 valence electrons. The number of halogens is 3. The Bertz CT molecular complexity index is 555. The second kappa shape index (κ2) is 5.45. The molecule has 0 spiro atoms. The third-order valence-corrected chi connectivity index (χ3v) is 2.99. The van der Waals surface area contributed by atoms with E-state index in [-0.39, 0.29) is 5.56 Å². The van der Waals surface area contributed by atoms with Crippen LogP contribution < -0.4 is 5.73 Å². The molecule has 0 amide bonds. The van der Waals surface area contributed by atoms with Crippen LogP contribution in [0.2, 0.25) is 0 Å². The summed E-state index contributed by atoms with van der Waals surface area (Å²) in [6.45, 7) is 1.95. The van der Waals surface area contributed by atoms with Crippen LogP contribution in [-0.2, 0) is 6.42 Å². The van der Waals surface area contributed by atoms with Crippen molar-refractivity contribution in [1.82, 2.24) is 0 Å². The molecule has 4 heteroatoms. The molecule has 1 atom stereocenters. The Morgan fingerprint density at radius 1 is 1.00 bits per heavy atom. The number of hydrogen-bond donors (Lipinski definition) is 1. The Morgan fingerprint density at radius 3 is 2.05 bits per heavy atom. The van der Waals surface area contributed by atoms with E-state index in [1.807, 2.05) is 31.2 Å². The Morgan fingerprint density at radius 2 is 1.53 bits per heavy atom. The Kier molecular flexibility index (Phi) is 3.90. The van der Waals surface area contributed by atoms with Gasteiger partial charge >= 0.3 is 0 Å². The quantitative estimate of drug-likeness (QED) is 0.900. The molecular formula is C15H14F3N. The third-order valence-electron chi connectivity index (χ3n) is 2.99. The zero-order chi connectivity index (χ0) is 14.0. The van der Waals surface area contributed by atoms with Gasteiger partial charge in [-0.05, 0) is 18.9 Å². The minimum atomic E-state index is -0.947. The van der Waals surface area contributed by atoms with Gasteiger partial charge < -0.3 is 5.73 Å². The predicted molar refractivity (Wildman–Crippen MR) is 68.1 cm³/mol. The molecule has 0 aliphatic heterocycles. The fraction of sp³-hybridized carbons (Fsp3) is 0.200. The van der Waals surface area contributed by atoms with Crippen molar-refractivity contribution < 1.29 is 13.2 Å². The van der Waals surface area contributed by atoms with E-state index in [1.165, 1.54) is 0 Å². The van der Waals surface area contributed by atoms with E-state index in [0.717, 1.165) is 11.1 Å². The van der Waals surface area contributed by atoms with Gasteiger partial charge in [0.05, 0.1) is 0 Å². The van der Waals surface area contributed by atoms with Crippen LogP contribution in [0.3, 0.4) is 0 Å². The third kappa shape index (κ3) is 3.15. The molecule has 2 N–H and O–H groups in total. The van der Waals surface area contributed by atoms with Crippen molar-refractivity contribution in [2.45, 2.75) is 19.4 Å². The summed E-state index contributed by atoms with van der Waals surface area (Å²) < 4.78 is 40.0. The highest BCUT2D eigenvalue weighted by atomic mass is 19.1. The van der Waals surface area contributed by atoms with Gasteiger partial charge in [0.25, 0.3) is 0 Å². The lowest BCUT2D eigenvalue weighted by Gasteiger charge is -2.14. The first-order valence-electron chi connectivity index (χ1n) is 5.93. The van der Waals surface area contributed by atoms with Crippen LogP contribution in [0.5, 0.6) is 0 Å². The van der Waals surface area contributed by atoms with Crippen LogP contribution in [0.1, 0.15) is 22.7 Å². The minimum absolute atomic E-state index is 0.276. The van der Waals surface area contributed by atoms with E-state index in [9.17, 15) is 13.2 Å². The summed E-state index contributed by atoms with van der Waals surface area (Å²) in [7, 11) is 0. The van der Waals surface area contributed by atoms with E-state index in [0.29, 0.717) is 18.6 Å². The van der Waals surface area contributed by atoms with Crippen molar-refractivity contribution in [2.24, 2.45) is 5.73 Å². The summed E-state index contributed by atoms with van der Waals surface area (Å²) >= 11 is 0. The number of aryl methyl sites for hydroxylation is 1. The van der Waals surface area contributed by atoms with Gasteiger partial charge in [0.1, 0.15) is 17.5 Å². The first kappa shape index (κ1) is 13.6. The molecule has 0 aromatic heterocycles. The molecule has 0 aliphatic rings. The molecular weight excluding hydrogens is 251 g/mol. The molecule has 19 heavy (non-hydrogen) atoms. The van der Waals surface area contributed by atoms with Crippen LogP contribution in [0, 0.1) is 24.4 Å². The Balaban J connectivity index is 2.25. The lowest BCUT2D eigenvalue weighted by molar-refractivity contribution is 0.501. The van der Waals surface area contributed by atoms with Crippen molar-refractivity contribution in [2.75, 3.05) is 0 Å². The van der Waals surface area contributed by atoms with Gasteiger partial charge in [0.15, 0.2) is 0 Å². The Hall–Kier alpha value is -1.81. The molecule has 2 rings (SSSR count). The maximum absolute atomic E-state index is 13.6. The lowest BCUT2D eigenvalue weighted by Crippen LogP contribution is -2.17. The molecule has 1 nitrogen and oxygen atoms in total. The number of rotatable bonds is 3. The fourth-order valence-corrected chi connectivity index (χ4v) is 1.99. The molecule has 2 aromatic rings. The molecule has 0 saturated heterocycles. The van der Waals surface area contributed by atoms with Crippen molar-refractivity contribution in [3.63, 3.8) is 0 Å². The van der Waals surface area contributed by atoms with Crippen molar-refractivity contribution in [3.8, 4) is 0 Å². The van der Waals surface area contributed by atoms with Crippen LogP contribution in [-0.4, -0.2) is 0 Å². The van der Waals surface area contributed by atoms with Crippen LogP contribution >= 0.6 is 0 Å². The molecule has 0 radical (unpaired) electrons. The van der Waals surface area contributed by atoms with Gasteiger partial charge in [-0.25, -0.2) is 13.2 Å². The largest absolute Gasteiger partial charge is 0.323 e. The Labute approximate surface area is 109 Å². The second-order valence-electron chi connectivity index (χ2n) is 4.58. The van der Waals surface area contributed by atoms with Crippen LogP contribution in [0.15, 0.2) is 36.4 Å². The van der Waals surface area contributed by atoms with Gasteiger partial charge in [-0.1, -0.05) is 29.8 Å². The summed E-state index contributed by atoms with van der Waals surface area (Å²) in [4.78, 5) is 0. The van der Waals surface area contributed by atoms with Gasteiger partial charge in [0.2, 0.25) is 0 Å². The van der Waals surface area contributed by atoms with Gasteiger partial charge in [-0.3, -0.25) is 0 Å². The van der Waals surface area contributed by atoms with Crippen molar-refractivity contribution >= 4 is 0 Å². The normalized spacial score (nSPS) is 12.5. The molecule has 0 saturated carbocycles. The first-order valence-corrected chi connectivity index (χ1v) is 5.93. The van der Waals surface area contributed by atoms with E-state index < -0.39 is 23.5 Å². The average Bonchev–Trinajstić information content (AvgIpc) is 2.30. The molecule has 0 bridgehead atoms. The fourth-order valence-electron chi connectivity index (χ4n) is 1.99. The first-order chi connectivity index (χ1) is 8.97. The number of hydrogen-bond acceptors (Lipinski definition) is 1.